The van der Waals surface area contributed by atoms with Gasteiger partial charge in [0, 0.05) is 31.5 Å². The van der Waals surface area contributed by atoms with Crippen molar-refractivity contribution in [2.45, 2.75) is 45.3 Å². The van der Waals surface area contributed by atoms with Gasteiger partial charge in [-0.3, -0.25) is 14.5 Å². The highest BCUT2D eigenvalue weighted by molar-refractivity contribution is 6.05. The number of imide groups is 1. The molecule has 1 aliphatic heterocycles. The maximum Gasteiger partial charge on any atom is 0.246 e. The summed E-state index contributed by atoms with van der Waals surface area (Å²) in [5.74, 6) is -0.163. The van der Waals surface area contributed by atoms with Crippen LogP contribution in [-0.4, -0.2) is 44.9 Å². The van der Waals surface area contributed by atoms with E-state index in [1.165, 1.54) is 4.90 Å². The Morgan fingerprint density at radius 3 is 2.95 bits per heavy atom. The quantitative estimate of drug-likeness (QED) is 0.755. The summed E-state index contributed by atoms with van der Waals surface area (Å²) in [4.78, 5) is 29.1. The fourth-order valence-electron chi connectivity index (χ4n) is 2.38. The number of aromatic nitrogens is 2. The topological polar surface area (TPSA) is 67.2 Å². The van der Waals surface area contributed by atoms with Gasteiger partial charge >= 0.3 is 0 Å². The summed E-state index contributed by atoms with van der Waals surface area (Å²) in [7, 11) is 0. The van der Waals surface area contributed by atoms with Crippen molar-refractivity contribution in [1.82, 2.24) is 19.8 Å². The summed E-state index contributed by atoms with van der Waals surface area (Å²) >= 11 is 0. The predicted octanol–water partition coefficient (Wildman–Crippen LogP) is 0.399. The Kier molecular flexibility index (Phi) is 4.31. The molecule has 2 amide bonds. The highest BCUT2D eigenvalue weighted by Crippen LogP contribution is 2.14. The number of hydrogen-bond donors (Lipinski definition) is 1. The van der Waals surface area contributed by atoms with Crippen LogP contribution in [0.1, 0.15) is 26.7 Å². The first-order valence-electron chi connectivity index (χ1n) is 6.67. The fraction of sp³-hybridized carbons (Fsp3) is 0.615. The summed E-state index contributed by atoms with van der Waals surface area (Å²) in [6.07, 6.45) is 6.41. The molecule has 1 saturated heterocycles. The van der Waals surface area contributed by atoms with E-state index < -0.39 is 0 Å². The molecule has 1 aliphatic rings. The van der Waals surface area contributed by atoms with Crippen LogP contribution in [0.15, 0.2) is 18.7 Å². The number of nitrogens with one attached hydrogen (secondary N) is 1. The van der Waals surface area contributed by atoms with E-state index in [9.17, 15) is 9.59 Å². The molecule has 2 rings (SSSR count). The third-order valence-corrected chi connectivity index (χ3v) is 3.22. The molecule has 6 heteroatoms. The second-order valence-electron chi connectivity index (χ2n) is 4.97. The van der Waals surface area contributed by atoms with Crippen LogP contribution in [0.4, 0.5) is 0 Å². The normalized spacial score (nSPS) is 21.2. The summed E-state index contributed by atoms with van der Waals surface area (Å²) in [6.45, 7) is 5.21. The van der Waals surface area contributed by atoms with Gasteiger partial charge in [-0.15, -0.1) is 0 Å². The van der Waals surface area contributed by atoms with E-state index in [1.54, 1.807) is 12.5 Å². The number of carbonyl (C=O) groups excluding carboxylic acids is 2. The van der Waals surface area contributed by atoms with E-state index in [4.69, 9.17) is 0 Å². The van der Waals surface area contributed by atoms with Crippen LogP contribution >= 0.6 is 0 Å². The van der Waals surface area contributed by atoms with Crippen molar-refractivity contribution in [3.8, 4) is 0 Å². The number of hydrogen-bond acceptors (Lipinski definition) is 4. The van der Waals surface area contributed by atoms with Crippen LogP contribution in [0.2, 0.25) is 0 Å². The van der Waals surface area contributed by atoms with Gasteiger partial charge in [0.25, 0.3) is 0 Å². The van der Waals surface area contributed by atoms with E-state index in [1.807, 2.05) is 24.6 Å². The summed E-state index contributed by atoms with van der Waals surface area (Å²) < 4.78 is 1.95. The first-order chi connectivity index (χ1) is 9.11. The van der Waals surface area contributed by atoms with Crippen LogP contribution in [0.5, 0.6) is 0 Å². The van der Waals surface area contributed by atoms with Gasteiger partial charge in [-0.2, -0.15) is 0 Å². The van der Waals surface area contributed by atoms with Crippen LogP contribution in [0.25, 0.3) is 0 Å². The molecule has 1 fully saturated rings. The lowest BCUT2D eigenvalue weighted by molar-refractivity contribution is -0.138. The smallest absolute Gasteiger partial charge is 0.246 e. The van der Waals surface area contributed by atoms with Crippen molar-refractivity contribution in [3.05, 3.63) is 18.7 Å². The molecule has 0 aliphatic carbocycles. The zero-order valence-corrected chi connectivity index (χ0v) is 11.4. The largest absolute Gasteiger partial charge is 0.336 e. The maximum absolute atomic E-state index is 12.1. The Labute approximate surface area is 112 Å². The van der Waals surface area contributed by atoms with Crippen molar-refractivity contribution in [2.75, 3.05) is 6.54 Å². The monoisotopic (exact) mass is 264 g/mol. The van der Waals surface area contributed by atoms with Gasteiger partial charge in [-0.05, 0) is 13.3 Å². The van der Waals surface area contributed by atoms with Crippen LogP contribution in [-0.2, 0) is 16.1 Å². The van der Waals surface area contributed by atoms with Gasteiger partial charge in [0.05, 0.1) is 18.8 Å². The SMILES string of the molecule is CCCN1C(=O)CC(NC(C)Cn2ccnc2)C1=O. The van der Waals surface area contributed by atoms with Gasteiger partial charge in [-0.25, -0.2) is 4.98 Å². The van der Waals surface area contributed by atoms with Gasteiger partial charge in [0.2, 0.25) is 11.8 Å². The van der Waals surface area contributed by atoms with E-state index in [-0.39, 0.29) is 30.3 Å². The standard InChI is InChI=1S/C13H20N4O2/c1-3-5-17-12(18)7-11(13(17)19)15-10(2)8-16-6-4-14-9-16/h4,6,9-11,15H,3,5,7-8H2,1-2H3. The third kappa shape index (κ3) is 3.20. The minimum atomic E-state index is -0.377. The van der Waals surface area contributed by atoms with E-state index in [2.05, 4.69) is 10.3 Å². The van der Waals surface area contributed by atoms with E-state index in [0.717, 1.165) is 13.0 Å². The Bertz CT molecular complexity index is 444. The minimum Gasteiger partial charge on any atom is -0.336 e. The number of amides is 2. The maximum atomic E-state index is 12.1. The predicted molar refractivity (Wildman–Crippen MR) is 70.2 cm³/mol. The van der Waals surface area contributed by atoms with Crippen LogP contribution < -0.4 is 5.32 Å². The second kappa shape index (κ2) is 5.97. The molecule has 0 saturated carbocycles. The lowest BCUT2D eigenvalue weighted by Crippen LogP contribution is -2.44. The Balaban J connectivity index is 1.89. The molecular formula is C13H20N4O2. The van der Waals surface area contributed by atoms with Crippen molar-refractivity contribution in [3.63, 3.8) is 0 Å². The Hall–Kier alpha value is -1.69. The highest BCUT2D eigenvalue weighted by Gasteiger charge is 2.38. The third-order valence-electron chi connectivity index (χ3n) is 3.22. The fourth-order valence-corrected chi connectivity index (χ4v) is 2.38. The molecule has 1 aromatic rings. The zero-order valence-electron chi connectivity index (χ0n) is 11.4. The molecule has 1 N–H and O–H groups in total. The molecule has 0 aromatic carbocycles. The van der Waals surface area contributed by atoms with E-state index in [0.29, 0.717) is 6.54 Å². The lowest BCUT2D eigenvalue weighted by atomic mass is 10.2. The molecule has 104 valence electrons. The van der Waals surface area contributed by atoms with Gasteiger partial charge in [-0.1, -0.05) is 6.92 Å². The number of carbonyl (C=O) groups is 2. The molecule has 2 unspecified atom stereocenters. The number of nitrogens with zero attached hydrogens (tertiary/aromatic N) is 3. The minimum absolute atomic E-state index is 0.0702. The van der Waals surface area contributed by atoms with Crippen LogP contribution in [0, 0.1) is 0 Å². The molecule has 2 atom stereocenters. The molecule has 0 radical (unpaired) electrons. The van der Waals surface area contributed by atoms with Crippen molar-refractivity contribution < 1.29 is 9.59 Å². The Morgan fingerprint density at radius 2 is 2.32 bits per heavy atom. The molecule has 1 aromatic heterocycles. The van der Waals surface area contributed by atoms with Crippen molar-refractivity contribution >= 4 is 11.8 Å². The first-order valence-corrected chi connectivity index (χ1v) is 6.67. The average Bonchev–Trinajstić information content (AvgIpc) is 2.94. The lowest BCUT2D eigenvalue weighted by Gasteiger charge is -2.19. The number of rotatable bonds is 6. The molecule has 0 bridgehead atoms. The van der Waals surface area contributed by atoms with Crippen molar-refractivity contribution in [1.29, 1.82) is 0 Å². The van der Waals surface area contributed by atoms with Crippen molar-refractivity contribution in [2.24, 2.45) is 0 Å². The number of imidazole rings is 1. The summed E-state index contributed by atoms with van der Waals surface area (Å²) in [5, 5.41) is 3.23. The average molecular weight is 264 g/mol. The molecule has 6 nitrogen and oxygen atoms in total. The summed E-state index contributed by atoms with van der Waals surface area (Å²) in [6, 6.07) is -0.268. The highest BCUT2D eigenvalue weighted by atomic mass is 16.2. The van der Waals surface area contributed by atoms with E-state index >= 15 is 0 Å². The first kappa shape index (κ1) is 13.7. The molecule has 0 spiro atoms. The van der Waals surface area contributed by atoms with Gasteiger partial charge in [0.1, 0.15) is 0 Å². The zero-order chi connectivity index (χ0) is 13.8. The second-order valence-corrected chi connectivity index (χ2v) is 4.97. The van der Waals surface area contributed by atoms with Gasteiger partial charge < -0.3 is 9.88 Å². The molecular weight excluding hydrogens is 244 g/mol. The summed E-state index contributed by atoms with van der Waals surface area (Å²) in [5.41, 5.74) is 0. The Morgan fingerprint density at radius 1 is 1.53 bits per heavy atom. The van der Waals surface area contributed by atoms with Crippen LogP contribution in [0.3, 0.4) is 0 Å². The van der Waals surface area contributed by atoms with Gasteiger partial charge in [0.15, 0.2) is 0 Å². The number of likely N-dealkylation sites (tertiary alicyclic amines) is 1. The molecule has 19 heavy (non-hydrogen) atoms. The molecule has 2 heterocycles.